The first kappa shape index (κ1) is 16.7. The molecule has 0 aliphatic rings. The predicted molar refractivity (Wildman–Crippen MR) is 91.2 cm³/mol. The predicted octanol–water partition coefficient (Wildman–Crippen LogP) is 4.21. The molecule has 0 spiro atoms. The largest absolute Gasteiger partial charge is 0.493 e. The Labute approximate surface area is 136 Å². The highest BCUT2D eigenvalue weighted by Gasteiger charge is 2.11. The number of pyridine rings is 1. The van der Waals surface area contributed by atoms with Crippen molar-refractivity contribution in [2.24, 2.45) is 5.92 Å². The van der Waals surface area contributed by atoms with E-state index in [-0.39, 0.29) is 11.9 Å². The van der Waals surface area contributed by atoms with Crippen molar-refractivity contribution in [3.8, 4) is 11.5 Å². The topological polar surface area (TPSA) is 48.4 Å². The van der Waals surface area contributed by atoms with Crippen molar-refractivity contribution in [2.75, 3.05) is 7.11 Å². The number of nitrogens with zero attached hydrogens (tertiary/aromatic N) is 1. The Morgan fingerprint density at radius 2 is 2.00 bits per heavy atom. The minimum absolute atomic E-state index is 0.255. The summed E-state index contributed by atoms with van der Waals surface area (Å²) in [6.07, 6.45) is 5.98. The lowest BCUT2D eigenvalue weighted by molar-refractivity contribution is -0.135. The maximum atomic E-state index is 11.8. The summed E-state index contributed by atoms with van der Waals surface area (Å²) in [7, 11) is 1.56. The van der Waals surface area contributed by atoms with E-state index in [0.717, 1.165) is 11.3 Å². The van der Waals surface area contributed by atoms with Crippen LogP contribution < -0.4 is 9.47 Å². The first-order valence-corrected chi connectivity index (χ1v) is 7.56. The second-order valence-electron chi connectivity index (χ2n) is 5.57. The van der Waals surface area contributed by atoms with E-state index in [0.29, 0.717) is 17.9 Å². The number of hydrogen-bond donors (Lipinski definition) is 0. The Morgan fingerprint density at radius 3 is 2.65 bits per heavy atom. The maximum absolute atomic E-state index is 11.8. The molecule has 120 valence electrons. The number of ether oxygens (including phenoxy) is 2. The summed E-state index contributed by atoms with van der Waals surface area (Å²) < 4.78 is 10.7. The number of rotatable bonds is 6. The quantitative estimate of drug-likeness (QED) is 0.592. The van der Waals surface area contributed by atoms with E-state index in [9.17, 15) is 4.79 Å². The van der Waals surface area contributed by atoms with Gasteiger partial charge in [-0.3, -0.25) is 9.78 Å². The minimum Gasteiger partial charge on any atom is -0.493 e. The molecular formula is C19H21NO3. The van der Waals surface area contributed by atoms with Gasteiger partial charge in [0.15, 0.2) is 11.5 Å². The number of hydrogen-bond acceptors (Lipinski definition) is 4. The van der Waals surface area contributed by atoms with Gasteiger partial charge in [0, 0.05) is 12.6 Å². The highest BCUT2D eigenvalue weighted by molar-refractivity contribution is 5.74. The van der Waals surface area contributed by atoms with Crippen LogP contribution in [0, 0.1) is 5.92 Å². The molecule has 1 heterocycles. The van der Waals surface area contributed by atoms with Gasteiger partial charge < -0.3 is 9.47 Å². The summed E-state index contributed by atoms with van der Waals surface area (Å²) in [6, 6.07) is 11.2. The van der Waals surface area contributed by atoms with Gasteiger partial charge in [-0.15, -0.1) is 0 Å². The van der Waals surface area contributed by atoms with Crippen LogP contribution in [0.5, 0.6) is 11.5 Å². The molecule has 2 rings (SSSR count). The molecule has 0 saturated carbocycles. The average Bonchev–Trinajstić information content (AvgIpc) is 2.54. The molecule has 23 heavy (non-hydrogen) atoms. The highest BCUT2D eigenvalue weighted by Crippen LogP contribution is 2.29. The molecule has 0 N–H and O–H groups in total. The maximum Gasteiger partial charge on any atom is 0.311 e. The molecule has 0 aliphatic heterocycles. The Balaban J connectivity index is 2.13. The van der Waals surface area contributed by atoms with Crippen LogP contribution in [0.4, 0.5) is 0 Å². The van der Waals surface area contributed by atoms with Crippen molar-refractivity contribution in [2.45, 2.75) is 20.3 Å². The van der Waals surface area contributed by atoms with Gasteiger partial charge >= 0.3 is 5.97 Å². The molecule has 0 amide bonds. The van der Waals surface area contributed by atoms with Gasteiger partial charge in [0.1, 0.15) is 0 Å². The number of carbonyl (C=O) groups is 1. The lowest BCUT2D eigenvalue weighted by Gasteiger charge is -2.10. The molecule has 0 bridgehead atoms. The van der Waals surface area contributed by atoms with Gasteiger partial charge in [0.05, 0.1) is 12.8 Å². The van der Waals surface area contributed by atoms with E-state index >= 15 is 0 Å². The third-order valence-corrected chi connectivity index (χ3v) is 3.12. The smallest absolute Gasteiger partial charge is 0.311 e. The summed E-state index contributed by atoms with van der Waals surface area (Å²) in [5.41, 5.74) is 1.81. The molecule has 0 saturated heterocycles. The van der Waals surface area contributed by atoms with E-state index in [1.807, 2.05) is 56.3 Å². The van der Waals surface area contributed by atoms with E-state index in [4.69, 9.17) is 9.47 Å². The zero-order valence-electron chi connectivity index (χ0n) is 13.7. The summed E-state index contributed by atoms with van der Waals surface area (Å²) in [5, 5.41) is 0. The van der Waals surface area contributed by atoms with Crippen LogP contribution in [0.15, 0.2) is 42.6 Å². The fraction of sp³-hybridized carbons (Fsp3) is 0.263. The second kappa shape index (κ2) is 8.13. The van der Waals surface area contributed by atoms with Crippen molar-refractivity contribution >= 4 is 18.1 Å². The van der Waals surface area contributed by atoms with Crippen molar-refractivity contribution in [3.05, 3.63) is 53.9 Å². The summed E-state index contributed by atoms with van der Waals surface area (Å²) in [4.78, 5) is 16.0. The van der Waals surface area contributed by atoms with Crippen LogP contribution in [0.25, 0.3) is 12.2 Å². The first-order valence-electron chi connectivity index (χ1n) is 7.56. The Bertz CT molecular complexity index is 678. The van der Waals surface area contributed by atoms with Gasteiger partial charge in [0.2, 0.25) is 0 Å². The number of benzene rings is 1. The normalized spacial score (nSPS) is 11.0. The molecule has 4 nitrogen and oxygen atoms in total. The van der Waals surface area contributed by atoms with Crippen LogP contribution in [0.1, 0.15) is 31.5 Å². The molecule has 1 aromatic carbocycles. The Morgan fingerprint density at radius 1 is 1.17 bits per heavy atom. The number of methoxy groups -OCH3 is 1. The fourth-order valence-electron chi connectivity index (χ4n) is 2.03. The molecule has 0 atom stereocenters. The number of carbonyl (C=O) groups excluding carboxylic acids is 1. The van der Waals surface area contributed by atoms with Crippen LogP contribution in [-0.4, -0.2) is 18.1 Å². The Hall–Kier alpha value is -2.62. The molecular weight excluding hydrogens is 290 g/mol. The number of esters is 1. The summed E-state index contributed by atoms with van der Waals surface area (Å²) in [5.74, 6) is 0.975. The fourth-order valence-corrected chi connectivity index (χ4v) is 2.03. The second-order valence-corrected chi connectivity index (χ2v) is 5.57. The summed E-state index contributed by atoms with van der Waals surface area (Å²) in [6.45, 7) is 3.95. The van der Waals surface area contributed by atoms with Crippen molar-refractivity contribution in [1.29, 1.82) is 0 Å². The van der Waals surface area contributed by atoms with Gasteiger partial charge in [-0.2, -0.15) is 0 Å². The van der Waals surface area contributed by atoms with Crippen LogP contribution in [0.3, 0.4) is 0 Å². The number of aromatic nitrogens is 1. The lowest BCUT2D eigenvalue weighted by Crippen LogP contribution is -2.11. The first-order chi connectivity index (χ1) is 11.1. The van der Waals surface area contributed by atoms with Gasteiger partial charge in [-0.1, -0.05) is 32.1 Å². The van der Waals surface area contributed by atoms with E-state index in [1.165, 1.54) is 0 Å². The van der Waals surface area contributed by atoms with Gasteiger partial charge in [-0.05, 0) is 41.8 Å². The molecule has 2 aromatic rings. The zero-order valence-corrected chi connectivity index (χ0v) is 13.7. The minimum atomic E-state index is -0.255. The van der Waals surface area contributed by atoms with Gasteiger partial charge in [0.25, 0.3) is 0 Å². The summed E-state index contributed by atoms with van der Waals surface area (Å²) >= 11 is 0. The van der Waals surface area contributed by atoms with Crippen LogP contribution in [0.2, 0.25) is 0 Å². The van der Waals surface area contributed by atoms with Crippen molar-refractivity contribution in [1.82, 2.24) is 4.98 Å². The molecule has 0 fully saturated rings. The SMILES string of the molecule is COc1cc(/C=C/c2ccccn2)ccc1OC(=O)CC(C)C. The van der Waals surface area contributed by atoms with E-state index in [1.54, 1.807) is 19.4 Å². The van der Waals surface area contributed by atoms with Crippen molar-refractivity contribution in [3.63, 3.8) is 0 Å². The zero-order chi connectivity index (χ0) is 16.7. The van der Waals surface area contributed by atoms with Crippen molar-refractivity contribution < 1.29 is 14.3 Å². The van der Waals surface area contributed by atoms with Crippen LogP contribution in [-0.2, 0) is 4.79 Å². The monoisotopic (exact) mass is 311 g/mol. The standard InChI is InChI=1S/C19H21NO3/c1-14(2)12-19(21)23-17-10-8-15(13-18(17)22-3)7-9-16-6-4-5-11-20-16/h4-11,13-14H,12H2,1-3H3/b9-7+. The third kappa shape index (κ3) is 5.25. The molecule has 0 radical (unpaired) electrons. The Kier molecular flexibility index (Phi) is 5.92. The molecule has 1 aromatic heterocycles. The lowest BCUT2D eigenvalue weighted by atomic mass is 10.1. The highest BCUT2D eigenvalue weighted by atomic mass is 16.6. The molecule has 0 aliphatic carbocycles. The van der Waals surface area contributed by atoms with E-state index < -0.39 is 0 Å². The van der Waals surface area contributed by atoms with Gasteiger partial charge in [-0.25, -0.2) is 0 Å². The average molecular weight is 311 g/mol. The molecule has 0 unspecified atom stereocenters. The van der Waals surface area contributed by atoms with E-state index in [2.05, 4.69) is 4.98 Å². The third-order valence-electron chi connectivity index (χ3n) is 3.12. The molecule has 4 heteroatoms. The van der Waals surface area contributed by atoms with Crippen LogP contribution >= 0.6 is 0 Å².